The van der Waals surface area contributed by atoms with Crippen molar-refractivity contribution < 1.29 is 9.53 Å². The minimum absolute atomic E-state index is 0.135. The van der Waals surface area contributed by atoms with Gasteiger partial charge in [0.25, 0.3) is 5.91 Å². The van der Waals surface area contributed by atoms with Crippen molar-refractivity contribution in [3.05, 3.63) is 22.4 Å². The second-order valence-electron chi connectivity index (χ2n) is 7.54. The molecule has 1 atom stereocenters. The Morgan fingerprint density at radius 3 is 3.04 bits per heavy atom. The lowest BCUT2D eigenvalue weighted by Gasteiger charge is -2.43. The lowest BCUT2D eigenvalue weighted by Crippen LogP contribution is -2.52. The van der Waals surface area contributed by atoms with Crippen molar-refractivity contribution >= 4 is 17.2 Å². The molecule has 0 bridgehead atoms. The number of hydrogen-bond acceptors (Lipinski definition) is 4. The minimum Gasteiger partial charge on any atom is -0.379 e. The van der Waals surface area contributed by atoms with Gasteiger partial charge in [-0.3, -0.25) is 4.79 Å². The van der Waals surface area contributed by atoms with Crippen LogP contribution in [0.2, 0.25) is 0 Å². The van der Waals surface area contributed by atoms with Gasteiger partial charge >= 0.3 is 0 Å². The summed E-state index contributed by atoms with van der Waals surface area (Å²) in [5, 5.41) is 1.99. The summed E-state index contributed by atoms with van der Waals surface area (Å²) in [6.45, 7) is 6.76. The molecule has 1 saturated carbocycles. The number of amides is 1. The van der Waals surface area contributed by atoms with Gasteiger partial charge in [0.1, 0.15) is 0 Å². The number of nitrogens with zero attached hydrogens (tertiary/aromatic N) is 2. The zero-order valence-electron chi connectivity index (χ0n) is 13.7. The van der Waals surface area contributed by atoms with Gasteiger partial charge in [-0.05, 0) is 43.0 Å². The van der Waals surface area contributed by atoms with Gasteiger partial charge in [-0.1, -0.05) is 6.07 Å². The summed E-state index contributed by atoms with van der Waals surface area (Å²) in [7, 11) is 0. The summed E-state index contributed by atoms with van der Waals surface area (Å²) >= 11 is 1.55. The number of piperidine rings is 1. The fraction of sp³-hybridized carbons (Fsp3) is 0.722. The van der Waals surface area contributed by atoms with Crippen molar-refractivity contribution in [3.63, 3.8) is 0 Å². The predicted octanol–water partition coefficient (Wildman–Crippen LogP) is 2.71. The SMILES string of the molecule is O=C(c1cccs1)N1CCCC2(COCCN(CC3CC3)C2)C1. The van der Waals surface area contributed by atoms with E-state index in [2.05, 4.69) is 9.80 Å². The molecule has 0 N–H and O–H groups in total. The summed E-state index contributed by atoms with van der Waals surface area (Å²) in [6.07, 6.45) is 5.07. The molecular weight excluding hydrogens is 308 g/mol. The summed E-state index contributed by atoms with van der Waals surface area (Å²) in [5.74, 6) is 1.12. The van der Waals surface area contributed by atoms with Crippen LogP contribution in [-0.2, 0) is 4.74 Å². The molecule has 2 aliphatic heterocycles. The lowest BCUT2D eigenvalue weighted by molar-refractivity contribution is 0.00737. The van der Waals surface area contributed by atoms with Crippen molar-refractivity contribution in [2.45, 2.75) is 25.7 Å². The molecule has 2 saturated heterocycles. The Bertz CT molecular complexity index is 543. The highest BCUT2D eigenvalue weighted by atomic mass is 32.1. The Hall–Kier alpha value is -0.910. The van der Waals surface area contributed by atoms with E-state index in [0.717, 1.165) is 56.6 Å². The van der Waals surface area contributed by atoms with E-state index in [0.29, 0.717) is 0 Å². The third kappa shape index (κ3) is 3.62. The van der Waals surface area contributed by atoms with E-state index < -0.39 is 0 Å². The summed E-state index contributed by atoms with van der Waals surface area (Å²) < 4.78 is 5.96. The summed E-state index contributed by atoms with van der Waals surface area (Å²) in [6, 6.07) is 3.90. The summed E-state index contributed by atoms with van der Waals surface area (Å²) in [5.41, 5.74) is 0.135. The van der Waals surface area contributed by atoms with Crippen LogP contribution >= 0.6 is 11.3 Å². The van der Waals surface area contributed by atoms with Gasteiger partial charge in [0.05, 0.1) is 18.1 Å². The average Bonchev–Trinajstić information content (AvgIpc) is 3.24. The number of carbonyl (C=O) groups is 1. The van der Waals surface area contributed by atoms with E-state index in [9.17, 15) is 4.79 Å². The van der Waals surface area contributed by atoms with E-state index in [1.165, 1.54) is 25.8 Å². The molecule has 23 heavy (non-hydrogen) atoms. The number of rotatable bonds is 3. The van der Waals surface area contributed by atoms with Gasteiger partial charge in [-0.25, -0.2) is 0 Å². The van der Waals surface area contributed by atoms with Crippen molar-refractivity contribution in [3.8, 4) is 0 Å². The maximum atomic E-state index is 12.7. The maximum absolute atomic E-state index is 12.7. The van der Waals surface area contributed by atoms with Gasteiger partial charge < -0.3 is 14.5 Å². The van der Waals surface area contributed by atoms with Crippen LogP contribution in [-0.4, -0.2) is 61.6 Å². The first-order valence-electron chi connectivity index (χ1n) is 8.87. The highest BCUT2D eigenvalue weighted by Gasteiger charge is 2.41. The highest BCUT2D eigenvalue weighted by molar-refractivity contribution is 7.12. The maximum Gasteiger partial charge on any atom is 0.263 e. The third-order valence-electron chi connectivity index (χ3n) is 5.41. The first kappa shape index (κ1) is 15.6. The van der Waals surface area contributed by atoms with E-state index in [1.54, 1.807) is 11.3 Å². The van der Waals surface area contributed by atoms with Crippen LogP contribution in [0.1, 0.15) is 35.4 Å². The van der Waals surface area contributed by atoms with Crippen molar-refractivity contribution in [2.24, 2.45) is 11.3 Å². The molecule has 1 aromatic rings. The Balaban J connectivity index is 1.46. The fourth-order valence-corrected chi connectivity index (χ4v) is 4.78. The molecule has 1 amide bonds. The molecular formula is C18H26N2O2S. The molecule has 3 fully saturated rings. The van der Waals surface area contributed by atoms with Crippen LogP contribution in [0, 0.1) is 11.3 Å². The second-order valence-corrected chi connectivity index (χ2v) is 8.49. The molecule has 1 unspecified atom stereocenters. The topological polar surface area (TPSA) is 32.8 Å². The van der Waals surface area contributed by atoms with Crippen molar-refractivity contribution in [1.29, 1.82) is 0 Å². The number of likely N-dealkylation sites (tertiary alicyclic amines) is 1. The van der Waals surface area contributed by atoms with Gasteiger partial charge in [0.2, 0.25) is 0 Å². The molecule has 3 aliphatic rings. The average molecular weight is 334 g/mol. The van der Waals surface area contributed by atoms with Crippen LogP contribution in [0.15, 0.2) is 17.5 Å². The van der Waals surface area contributed by atoms with Gasteiger partial charge in [0, 0.05) is 38.1 Å². The molecule has 126 valence electrons. The molecule has 0 aromatic carbocycles. The predicted molar refractivity (Wildman–Crippen MR) is 91.9 cm³/mol. The van der Waals surface area contributed by atoms with E-state index >= 15 is 0 Å². The zero-order valence-corrected chi connectivity index (χ0v) is 14.5. The van der Waals surface area contributed by atoms with E-state index in [4.69, 9.17) is 4.74 Å². The molecule has 0 radical (unpaired) electrons. The second kappa shape index (κ2) is 6.54. The van der Waals surface area contributed by atoms with Crippen molar-refractivity contribution in [1.82, 2.24) is 9.80 Å². The van der Waals surface area contributed by atoms with Crippen LogP contribution < -0.4 is 0 Å². The van der Waals surface area contributed by atoms with Gasteiger partial charge in [-0.15, -0.1) is 11.3 Å². The van der Waals surface area contributed by atoms with Gasteiger partial charge in [0.15, 0.2) is 0 Å². The summed E-state index contributed by atoms with van der Waals surface area (Å²) in [4.78, 5) is 18.3. The minimum atomic E-state index is 0.135. The van der Waals surface area contributed by atoms with Crippen molar-refractivity contribution in [2.75, 3.05) is 45.9 Å². The van der Waals surface area contributed by atoms with Crippen LogP contribution in [0.5, 0.6) is 0 Å². The first-order valence-corrected chi connectivity index (χ1v) is 9.75. The van der Waals surface area contributed by atoms with Crippen LogP contribution in [0.3, 0.4) is 0 Å². The fourth-order valence-electron chi connectivity index (χ4n) is 4.09. The molecule has 1 aromatic heterocycles. The van der Waals surface area contributed by atoms with Crippen LogP contribution in [0.25, 0.3) is 0 Å². The quantitative estimate of drug-likeness (QED) is 0.852. The Labute approximate surface area is 142 Å². The zero-order chi connectivity index (χ0) is 15.7. The molecule has 1 aliphatic carbocycles. The standard InChI is InChI=1S/C18H26N2O2S/c21-17(16-3-1-10-23-16)20-7-2-6-18(13-20)12-19(8-9-22-14-18)11-15-4-5-15/h1,3,10,15H,2,4-9,11-14H2. The normalized spacial score (nSPS) is 29.7. The van der Waals surface area contributed by atoms with Gasteiger partial charge in [-0.2, -0.15) is 0 Å². The molecule has 3 heterocycles. The third-order valence-corrected chi connectivity index (χ3v) is 6.27. The first-order chi connectivity index (χ1) is 11.2. The Morgan fingerprint density at radius 2 is 2.26 bits per heavy atom. The lowest BCUT2D eigenvalue weighted by atomic mass is 9.80. The smallest absolute Gasteiger partial charge is 0.263 e. The largest absolute Gasteiger partial charge is 0.379 e. The molecule has 5 heteroatoms. The number of carbonyl (C=O) groups excluding carboxylic acids is 1. The van der Waals surface area contributed by atoms with E-state index in [1.807, 2.05) is 17.5 Å². The number of hydrogen-bond donors (Lipinski definition) is 0. The molecule has 1 spiro atoms. The van der Waals surface area contributed by atoms with E-state index in [-0.39, 0.29) is 11.3 Å². The number of thiophene rings is 1. The molecule has 4 rings (SSSR count). The Morgan fingerprint density at radius 1 is 1.35 bits per heavy atom. The monoisotopic (exact) mass is 334 g/mol. The number of ether oxygens (including phenoxy) is 1. The Kier molecular flexibility index (Phi) is 4.43. The van der Waals surface area contributed by atoms with Crippen LogP contribution in [0.4, 0.5) is 0 Å². The highest BCUT2D eigenvalue weighted by Crippen LogP contribution is 2.36. The molecule has 4 nitrogen and oxygen atoms in total.